The fraction of sp³-hybridized carbons (Fsp3) is 0.214. The highest BCUT2D eigenvalue weighted by Crippen LogP contribution is 2.28. The first-order valence-corrected chi connectivity index (χ1v) is 11.9. The zero-order chi connectivity index (χ0) is 26.2. The topological polar surface area (TPSA) is 136 Å². The first kappa shape index (κ1) is 25.7. The van der Waals surface area contributed by atoms with Gasteiger partial charge in [0.25, 0.3) is 0 Å². The van der Waals surface area contributed by atoms with E-state index in [4.69, 9.17) is 4.74 Å². The molecule has 0 saturated heterocycles. The molecule has 0 radical (unpaired) electrons. The van der Waals surface area contributed by atoms with Crippen LogP contribution < -0.4 is 26.2 Å². The molecule has 1 aromatic heterocycles. The molecule has 0 unspecified atom stereocenters. The number of fused-ring (bicyclic) bond motifs is 1. The van der Waals surface area contributed by atoms with Gasteiger partial charge in [-0.15, -0.1) is 0 Å². The number of hydrogen-bond donors (Lipinski definition) is 6. The Morgan fingerprint density at radius 2 is 1.89 bits per heavy atom. The van der Waals surface area contributed by atoms with E-state index in [2.05, 4.69) is 20.9 Å². The van der Waals surface area contributed by atoms with Gasteiger partial charge in [-0.05, 0) is 54.4 Å². The summed E-state index contributed by atoms with van der Waals surface area (Å²) in [7, 11) is 1.60. The number of benzene rings is 3. The summed E-state index contributed by atoms with van der Waals surface area (Å²) < 4.78 is 5.31. The van der Waals surface area contributed by atoms with Crippen LogP contribution in [0.2, 0.25) is 0 Å². The van der Waals surface area contributed by atoms with Gasteiger partial charge in [-0.2, -0.15) is 0 Å². The molecule has 37 heavy (non-hydrogen) atoms. The minimum absolute atomic E-state index is 0.0430. The Kier molecular flexibility index (Phi) is 8.40. The Morgan fingerprint density at radius 1 is 1.05 bits per heavy atom. The van der Waals surface area contributed by atoms with Crippen molar-refractivity contribution in [3.05, 3.63) is 99.8 Å². The lowest BCUT2D eigenvalue weighted by molar-refractivity contribution is 0.176. The average molecular weight is 503 g/mol. The van der Waals surface area contributed by atoms with Gasteiger partial charge >= 0.3 is 6.03 Å². The number of methoxy groups -OCH3 is 1. The number of carbonyl (C=O) groups excluding carboxylic acids is 1. The van der Waals surface area contributed by atoms with Crippen molar-refractivity contribution >= 4 is 22.6 Å². The van der Waals surface area contributed by atoms with E-state index in [1.54, 1.807) is 19.2 Å². The zero-order valence-electron chi connectivity index (χ0n) is 20.5. The van der Waals surface area contributed by atoms with Gasteiger partial charge in [0.2, 0.25) is 5.56 Å². The summed E-state index contributed by atoms with van der Waals surface area (Å²) in [4.78, 5) is 26.6. The number of para-hydroxylation sites is 1. The molecule has 0 aliphatic rings. The number of urea groups is 1. The third kappa shape index (κ3) is 6.66. The van der Waals surface area contributed by atoms with E-state index in [0.717, 1.165) is 16.9 Å². The van der Waals surface area contributed by atoms with Gasteiger partial charge in [0.05, 0.1) is 18.7 Å². The lowest BCUT2D eigenvalue weighted by Gasteiger charge is -2.15. The van der Waals surface area contributed by atoms with Crippen LogP contribution in [0, 0.1) is 0 Å². The first-order valence-electron chi connectivity index (χ1n) is 11.9. The normalized spacial score (nSPS) is 11.7. The average Bonchev–Trinajstić information content (AvgIpc) is 2.90. The Bertz CT molecular complexity index is 1440. The van der Waals surface area contributed by atoms with E-state index in [1.165, 1.54) is 12.1 Å². The number of phenols is 1. The molecular weight excluding hydrogens is 472 g/mol. The predicted molar refractivity (Wildman–Crippen MR) is 143 cm³/mol. The van der Waals surface area contributed by atoms with Gasteiger partial charge in [0.1, 0.15) is 11.5 Å². The third-order valence-corrected chi connectivity index (χ3v) is 6.01. The Balaban J connectivity index is 1.27. The summed E-state index contributed by atoms with van der Waals surface area (Å²) in [5, 5.41) is 30.2. The van der Waals surface area contributed by atoms with Crippen molar-refractivity contribution in [2.45, 2.75) is 19.1 Å². The second-order valence-electron chi connectivity index (χ2n) is 8.57. The van der Waals surface area contributed by atoms with Gasteiger partial charge in [-0.3, -0.25) is 4.79 Å². The number of H-pyrrole nitrogens is 1. The van der Waals surface area contributed by atoms with Crippen molar-refractivity contribution in [2.24, 2.45) is 0 Å². The number of ether oxygens (including phenoxy) is 1. The molecule has 1 heterocycles. The molecule has 0 spiro atoms. The molecule has 0 bridgehead atoms. The largest absolute Gasteiger partial charge is 0.506 e. The quantitative estimate of drug-likeness (QED) is 0.184. The van der Waals surface area contributed by atoms with Crippen LogP contribution in [-0.2, 0) is 13.0 Å². The summed E-state index contributed by atoms with van der Waals surface area (Å²) in [6, 6.07) is 20.9. The van der Waals surface area contributed by atoms with Gasteiger partial charge in [-0.25, -0.2) is 4.79 Å². The number of hydrogen-bond acceptors (Lipinski definition) is 6. The molecule has 4 rings (SSSR count). The maximum atomic E-state index is 12.4. The van der Waals surface area contributed by atoms with Crippen molar-refractivity contribution in [2.75, 3.05) is 25.5 Å². The molecule has 4 aromatic rings. The minimum atomic E-state index is -0.825. The summed E-state index contributed by atoms with van der Waals surface area (Å²) in [5.74, 6) is 0.675. The molecule has 0 fully saturated rings. The SMILES string of the molecule is COc1ccccc1CNC(=O)Nc1cccc(CCNC[C@@H](O)c2ccc(O)c3[nH]c(=O)ccc23)c1. The lowest BCUT2D eigenvalue weighted by atomic mass is 10.0. The van der Waals surface area contributed by atoms with E-state index < -0.39 is 6.10 Å². The summed E-state index contributed by atoms with van der Waals surface area (Å²) >= 11 is 0. The number of phenolic OH excluding ortho intramolecular Hbond substituents is 1. The van der Waals surface area contributed by atoms with Crippen LogP contribution in [0.25, 0.3) is 10.9 Å². The molecule has 2 amide bonds. The Labute approximate surface area is 214 Å². The Hall–Kier alpha value is -4.34. The van der Waals surface area contributed by atoms with Crippen molar-refractivity contribution in [3.63, 3.8) is 0 Å². The monoisotopic (exact) mass is 502 g/mol. The van der Waals surface area contributed by atoms with E-state index in [0.29, 0.717) is 48.2 Å². The molecular formula is C28H30N4O5. The maximum absolute atomic E-state index is 12.4. The summed E-state index contributed by atoms with van der Waals surface area (Å²) in [5.41, 5.74) is 3.19. The van der Waals surface area contributed by atoms with Crippen molar-refractivity contribution in [3.8, 4) is 11.5 Å². The highest BCUT2D eigenvalue weighted by Gasteiger charge is 2.14. The second-order valence-corrected chi connectivity index (χ2v) is 8.57. The number of nitrogens with one attached hydrogen (secondary N) is 4. The molecule has 192 valence electrons. The molecule has 9 nitrogen and oxygen atoms in total. The number of aromatic nitrogens is 1. The smallest absolute Gasteiger partial charge is 0.319 e. The van der Waals surface area contributed by atoms with Gasteiger partial charge in [0.15, 0.2) is 0 Å². The fourth-order valence-corrected chi connectivity index (χ4v) is 4.14. The first-order chi connectivity index (χ1) is 17.9. The van der Waals surface area contributed by atoms with Crippen molar-refractivity contribution < 1.29 is 19.7 Å². The summed E-state index contributed by atoms with van der Waals surface area (Å²) in [6.45, 7) is 1.24. The van der Waals surface area contributed by atoms with E-state index in [9.17, 15) is 19.8 Å². The number of pyridine rings is 1. The van der Waals surface area contributed by atoms with Crippen LogP contribution in [0.5, 0.6) is 11.5 Å². The highest BCUT2D eigenvalue weighted by molar-refractivity contribution is 5.89. The van der Waals surface area contributed by atoms with Gasteiger partial charge in [0, 0.05) is 35.8 Å². The van der Waals surface area contributed by atoms with Crippen LogP contribution in [0.4, 0.5) is 10.5 Å². The molecule has 0 saturated carbocycles. The number of anilines is 1. The fourth-order valence-electron chi connectivity index (χ4n) is 4.14. The molecule has 1 atom stereocenters. The predicted octanol–water partition coefficient (Wildman–Crippen LogP) is 3.43. The van der Waals surface area contributed by atoms with Crippen LogP contribution in [0.1, 0.15) is 22.8 Å². The molecule has 6 N–H and O–H groups in total. The van der Waals surface area contributed by atoms with Crippen LogP contribution in [-0.4, -0.2) is 41.4 Å². The van der Waals surface area contributed by atoms with E-state index >= 15 is 0 Å². The van der Waals surface area contributed by atoms with E-state index in [1.807, 2.05) is 48.5 Å². The molecule has 0 aliphatic heterocycles. The van der Waals surface area contributed by atoms with Crippen LogP contribution in [0.15, 0.2) is 77.6 Å². The van der Waals surface area contributed by atoms with Gasteiger partial charge in [-0.1, -0.05) is 36.4 Å². The number of amides is 2. The van der Waals surface area contributed by atoms with Crippen LogP contribution in [0.3, 0.4) is 0 Å². The number of rotatable bonds is 10. The third-order valence-electron chi connectivity index (χ3n) is 6.01. The van der Waals surface area contributed by atoms with Crippen molar-refractivity contribution in [1.82, 2.24) is 15.6 Å². The van der Waals surface area contributed by atoms with Crippen LogP contribution >= 0.6 is 0 Å². The molecule has 0 aliphatic carbocycles. The number of carbonyl (C=O) groups is 1. The standard InChI is InChI=1S/C28H30N4O5/c1-37-25-8-3-2-6-19(25)16-30-28(36)31-20-7-4-5-18(15-20)13-14-29-17-24(34)21-9-11-23(33)27-22(21)10-12-26(35)32-27/h2-12,15,24,29,33-34H,13-14,16-17H2,1H3,(H,32,35)(H2,30,31,36)/t24-/m1/s1. The lowest BCUT2D eigenvalue weighted by Crippen LogP contribution is -2.28. The molecule has 9 heteroatoms. The summed E-state index contributed by atoms with van der Waals surface area (Å²) in [6.07, 6.45) is -0.136. The van der Waals surface area contributed by atoms with E-state index in [-0.39, 0.29) is 17.3 Å². The minimum Gasteiger partial charge on any atom is -0.506 e. The van der Waals surface area contributed by atoms with Crippen molar-refractivity contribution in [1.29, 1.82) is 0 Å². The Morgan fingerprint density at radius 3 is 2.73 bits per heavy atom. The number of aromatic amines is 1. The number of aliphatic hydroxyl groups excluding tert-OH is 1. The molecule has 3 aromatic carbocycles. The maximum Gasteiger partial charge on any atom is 0.319 e. The zero-order valence-corrected chi connectivity index (χ0v) is 20.5. The van der Waals surface area contributed by atoms with Gasteiger partial charge < -0.3 is 35.9 Å². The number of aliphatic hydroxyl groups is 1. The highest BCUT2D eigenvalue weighted by atomic mass is 16.5. The number of aromatic hydroxyl groups is 1. The second kappa shape index (κ2) is 12.1.